The van der Waals surface area contributed by atoms with Gasteiger partial charge in [-0.3, -0.25) is 9.78 Å². The molecule has 0 radical (unpaired) electrons. The summed E-state index contributed by atoms with van der Waals surface area (Å²) in [7, 11) is 0. The van der Waals surface area contributed by atoms with Gasteiger partial charge in [0, 0.05) is 25.0 Å². The fraction of sp³-hybridized carbons (Fsp3) is 0.400. The molecule has 1 saturated heterocycles. The van der Waals surface area contributed by atoms with E-state index in [9.17, 15) is 4.79 Å². The average Bonchev–Trinajstić information content (AvgIpc) is 2.20. The van der Waals surface area contributed by atoms with Crippen molar-refractivity contribution in [2.75, 3.05) is 13.1 Å². The number of carbonyl (C=O) groups is 1. The Kier molecular flexibility index (Phi) is 2.45. The summed E-state index contributed by atoms with van der Waals surface area (Å²) in [5.41, 5.74) is 1.89. The lowest BCUT2D eigenvalue weighted by molar-refractivity contribution is -0.124. The van der Waals surface area contributed by atoms with Gasteiger partial charge in [0.25, 0.3) is 0 Å². The summed E-state index contributed by atoms with van der Waals surface area (Å²) in [4.78, 5) is 15.6. The highest BCUT2D eigenvalue weighted by atomic mass is 16.2. The number of aromatic nitrogens is 1. The number of piperazine rings is 1. The number of pyridine rings is 1. The maximum atomic E-state index is 11.5. The van der Waals surface area contributed by atoms with E-state index in [2.05, 4.69) is 15.6 Å². The zero-order chi connectivity index (χ0) is 9.97. The Balaban J connectivity index is 2.20. The molecule has 2 heterocycles. The first-order valence-electron chi connectivity index (χ1n) is 4.71. The minimum absolute atomic E-state index is 0.0295. The molecule has 1 amide bonds. The summed E-state index contributed by atoms with van der Waals surface area (Å²) in [6.45, 7) is 3.44. The second-order valence-electron chi connectivity index (χ2n) is 3.41. The Morgan fingerprint density at radius 2 is 2.29 bits per heavy atom. The topological polar surface area (TPSA) is 54.0 Å². The van der Waals surface area contributed by atoms with Crippen molar-refractivity contribution in [2.45, 2.75) is 13.0 Å². The minimum Gasteiger partial charge on any atom is -0.353 e. The van der Waals surface area contributed by atoms with Gasteiger partial charge in [-0.05, 0) is 18.6 Å². The van der Waals surface area contributed by atoms with Crippen molar-refractivity contribution in [3.8, 4) is 0 Å². The average molecular weight is 191 g/mol. The van der Waals surface area contributed by atoms with Crippen LogP contribution in [0.25, 0.3) is 0 Å². The molecule has 4 nitrogen and oxygen atoms in total. The standard InChI is InChI=1S/C10H13N3O/c1-7-2-3-8(6-13-7)9-10(14)12-5-4-11-9/h2-3,6,9,11H,4-5H2,1H3,(H,12,14). The highest BCUT2D eigenvalue weighted by Gasteiger charge is 2.22. The number of nitrogens with one attached hydrogen (secondary N) is 2. The van der Waals surface area contributed by atoms with Crippen LogP contribution in [-0.4, -0.2) is 24.0 Å². The molecular formula is C10H13N3O. The number of hydrogen-bond acceptors (Lipinski definition) is 3. The molecule has 1 aliphatic rings. The molecule has 74 valence electrons. The third-order valence-corrected chi connectivity index (χ3v) is 2.30. The number of carbonyl (C=O) groups excluding carboxylic acids is 1. The van der Waals surface area contributed by atoms with Gasteiger partial charge in [0.05, 0.1) is 0 Å². The van der Waals surface area contributed by atoms with Crippen LogP contribution in [0, 0.1) is 6.92 Å². The van der Waals surface area contributed by atoms with Crippen LogP contribution >= 0.6 is 0 Å². The van der Waals surface area contributed by atoms with Gasteiger partial charge in [0.1, 0.15) is 6.04 Å². The Morgan fingerprint density at radius 3 is 2.93 bits per heavy atom. The first-order chi connectivity index (χ1) is 6.77. The van der Waals surface area contributed by atoms with Crippen molar-refractivity contribution in [3.05, 3.63) is 29.6 Å². The zero-order valence-electron chi connectivity index (χ0n) is 8.08. The third kappa shape index (κ3) is 1.75. The zero-order valence-corrected chi connectivity index (χ0v) is 8.08. The summed E-state index contributed by atoms with van der Waals surface area (Å²) in [6, 6.07) is 3.61. The molecular weight excluding hydrogens is 178 g/mol. The molecule has 2 N–H and O–H groups in total. The van der Waals surface area contributed by atoms with E-state index < -0.39 is 0 Å². The van der Waals surface area contributed by atoms with E-state index in [-0.39, 0.29) is 11.9 Å². The Labute approximate surface area is 82.7 Å². The number of hydrogen-bond donors (Lipinski definition) is 2. The monoisotopic (exact) mass is 191 g/mol. The Morgan fingerprint density at radius 1 is 1.43 bits per heavy atom. The Bertz CT molecular complexity index is 334. The number of amides is 1. The molecule has 2 rings (SSSR count). The van der Waals surface area contributed by atoms with Crippen LogP contribution in [0.2, 0.25) is 0 Å². The Hall–Kier alpha value is -1.42. The maximum Gasteiger partial charge on any atom is 0.241 e. The summed E-state index contributed by atoms with van der Waals surface area (Å²) < 4.78 is 0. The van der Waals surface area contributed by atoms with E-state index in [0.717, 1.165) is 17.8 Å². The van der Waals surface area contributed by atoms with Crippen LogP contribution in [0.15, 0.2) is 18.3 Å². The van der Waals surface area contributed by atoms with Crippen LogP contribution in [0.4, 0.5) is 0 Å². The van der Waals surface area contributed by atoms with Crippen molar-refractivity contribution < 1.29 is 4.79 Å². The summed E-state index contributed by atoms with van der Waals surface area (Å²) >= 11 is 0. The van der Waals surface area contributed by atoms with E-state index in [1.165, 1.54) is 0 Å². The van der Waals surface area contributed by atoms with Gasteiger partial charge in [0.15, 0.2) is 0 Å². The number of rotatable bonds is 1. The van der Waals surface area contributed by atoms with E-state index in [1.54, 1.807) is 6.20 Å². The fourth-order valence-corrected chi connectivity index (χ4v) is 1.52. The second kappa shape index (κ2) is 3.75. The van der Waals surface area contributed by atoms with Gasteiger partial charge in [0.2, 0.25) is 5.91 Å². The van der Waals surface area contributed by atoms with Gasteiger partial charge in [-0.2, -0.15) is 0 Å². The number of aryl methyl sites for hydroxylation is 1. The molecule has 1 aromatic heterocycles. The van der Waals surface area contributed by atoms with Crippen molar-refractivity contribution in [1.82, 2.24) is 15.6 Å². The lowest BCUT2D eigenvalue weighted by Crippen LogP contribution is -2.47. The lowest BCUT2D eigenvalue weighted by atomic mass is 10.1. The van der Waals surface area contributed by atoms with E-state index in [0.29, 0.717) is 6.54 Å². The fourth-order valence-electron chi connectivity index (χ4n) is 1.52. The summed E-state index contributed by atoms with van der Waals surface area (Å²) in [5.74, 6) is 0.0295. The molecule has 0 aliphatic carbocycles. The molecule has 0 aromatic carbocycles. The molecule has 1 fully saturated rings. The van der Waals surface area contributed by atoms with Gasteiger partial charge >= 0.3 is 0 Å². The second-order valence-corrected chi connectivity index (χ2v) is 3.41. The van der Waals surface area contributed by atoms with Crippen LogP contribution in [0.3, 0.4) is 0 Å². The molecule has 4 heteroatoms. The van der Waals surface area contributed by atoms with Crippen molar-refractivity contribution in [3.63, 3.8) is 0 Å². The van der Waals surface area contributed by atoms with Crippen LogP contribution in [-0.2, 0) is 4.79 Å². The molecule has 0 saturated carbocycles. The van der Waals surface area contributed by atoms with Crippen molar-refractivity contribution >= 4 is 5.91 Å². The molecule has 1 aromatic rings. The molecule has 1 atom stereocenters. The largest absolute Gasteiger partial charge is 0.353 e. The normalized spacial score (nSPS) is 21.8. The van der Waals surface area contributed by atoms with Gasteiger partial charge in [-0.25, -0.2) is 0 Å². The van der Waals surface area contributed by atoms with Crippen molar-refractivity contribution in [1.29, 1.82) is 0 Å². The number of nitrogens with zero attached hydrogens (tertiary/aromatic N) is 1. The minimum atomic E-state index is -0.239. The summed E-state index contributed by atoms with van der Waals surface area (Å²) in [6.07, 6.45) is 1.75. The van der Waals surface area contributed by atoms with Crippen LogP contribution in [0.1, 0.15) is 17.3 Å². The lowest BCUT2D eigenvalue weighted by Gasteiger charge is -2.23. The SMILES string of the molecule is Cc1ccc(C2NCCNC2=O)cn1. The highest BCUT2D eigenvalue weighted by molar-refractivity contribution is 5.83. The molecule has 1 unspecified atom stereocenters. The van der Waals surface area contributed by atoms with Gasteiger partial charge in [-0.1, -0.05) is 6.07 Å². The van der Waals surface area contributed by atoms with Gasteiger partial charge in [-0.15, -0.1) is 0 Å². The molecule has 1 aliphatic heterocycles. The smallest absolute Gasteiger partial charge is 0.241 e. The molecule has 14 heavy (non-hydrogen) atoms. The van der Waals surface area contributed by atoms with Crippen LogP contribution < -0.4 is 10.6 Å². The third-order valence-electron chi connectivity index (χ3n) is 2.30. The first kappa shape index (κ1) is 9.15. The summed E-state index contributed by atoms with van der Waals surface area (Å²) in [5, 5.41) is 5.97. The predicted octanol–water partition coefficient (Wildman–Crippen LogP) is 0.151. The maximum absolute atomic E-state index is 11.5. The van der Waals surface area contributed by atoms with E-state index in [1.807, 2.05) is 19.1 Å². The molecule has 0 spiro atoms. The predicted molar refractivity (Wildman–Crippen MR) is 52.7 cm³/mol. The first-order valence-corrected chi connectivity index (χ1v) is 4.71. The quantitative estimate of drug-likeness (QED) is 0.664. The van der Waals surface area contributed by atoms with Crippen LogP contribution in [0.5, 0.6) is 0 Å². The molecule has 0 bridgehead atoms. The van der Waals surface area contributed by atoms with Gasteiger partial charge < -0.3 is 10.6 Å². The highest BCUT2D eigenvalue weighted by Crippen LogP contribution is 2.13. The van der Waals surface area contributed by atoms with E-state index >= 15 is 0 Å². The van der Waals surface area contributed by atoms with E-state index in [4.69, 9.17) is 0 Å². The van der Waals surface area contributed by atoms with Crippen molar-refractivity contribution in [2.24, 2.45) is 0 Å².